The summed E-state index contributed by atoms with van der Waals surface area (Å²) < 4.78 is 68.1. The second-order valence-electron chi connectivity index (χ2n) is 12.3. The molecule has 0 aliphatic carbocycles. The van der Waals surface area contributed by atoms with Gasteiger partial charge in [0.25, 0.3) is 31.4 Å². The van der Waals surface area contributed by atoms with Crippen LogP contribution in [0.2, 0.25) is 10.0 Å². The van der Waals surface area contributed by atoms with E-state index in [1.54, 1.807) is 0 Å². The molecule has 4 rings (SSSR count). The lowest BCUT2D eigenvalue weighted by molar-refractivity contribution is -0.385. The van der Waals surface area contributed by atoms with Gasteiger partial charge in [-0.1, -0.05) is 35.3 Å². The Morgan fingerprint density at radius 2 is 1.11 bits per heavy atom. The first kappa shape index (κ1) is 44.0. The number of nitro benzene ring substituents is 2. The fourth-order valence-corrected chi connectivity index (χ4v) is 8.64. The Labute approximate surface area is 337 Å². The number of sulfonamides is 2. The van der Waals surface area contributed by atoms with Crippen molar-refractivity contribution in [2.24, 2.45) is 0 Å². The van der Waals surface area contributed by atoms with Crippen molar-refractivity contribution >= 4 is 77.8 Å². The fraction of sp³-hybridized carbons (Fsp3) is 0.257. The summed E-state index contributed by atoms with van der Waals surface area (Å²) in [4.78, 5) is 47.6. The number of hydrogen-bond donors (Lipinski definition) is 2. The zero-order valence-electron chi connectivity index (χ0n) is 30.9. The summed E-state index contributed by atoms with van der Waals surface area (Å²) in [7, 11) is -6.85. The van der Waals surface area contributed by atoms with Crippen molar-refractivity contribution in [2.45, 2.75) is 36.6 Å². The van der Waals surface area contributed by atoms with Crippen LogP contribution in [0.25, 0.3) is 0 Å². The second-order valence-corrected chi connectivity index (χ2v) is 16.9. The van der Waals surface area contributed by atoms with Gasteiger partial charge < -0.3 is 20.1 Å². The maximum atomic E-state index is 14.0. The predicted molar refractivity (Wildman–Crippen MR) is 211 cm³/mol. The molecule has 0 bridgehead atoms. The first-order valence-corrected chi connectivity index (χ1v) is 20.1. The summed E-state index contributed by atoms with van der Waals surface area (Å²) in [6, 6.07) is 13.7. The molecule has 4 aromatic rings. The topological polar surface area (TPSA) is 238 Å². The number of nitrogens with one attached hydrogen (secondary N) is 2. The van der Waals surface area contributed by atoms with Crippen LogP contribution >= 0.6 is 23.2 Å². The molecule has 22 heteroatoms. The van der Waals surface area contributed by atoms with Crippen molar-refractivity contribution < 1.29 is 45.7 Å². The van der Waals surface area contributed by atoms with Crippen molar-refractivity contribution in [3.63, 3.8) is 0 Å². The maximum Gasteiger partial charge on any atom is 0.273 e. The average molecular weight is 868 g/mol. The summed E-state index contributed by atoms with van der Waals surface area (Å²) >= 11 is 12.4. The first-order valence-electron chi connectivity index (χ1n) is 16.5. The van der Waals surface area contributed by atoms with Crippen LogP contribution in [0.5, 0.6) is 11.5 Å². The molecule has 304 valence electrons. The number of halogens is 2. The Balaban J connectivity index is 1.58. The van der Waals surface area contributed by atoms with E-state index >= 15 is 0 Å². The van der Waals surface area contributed by atoms with Crippen molar-refractivity contribution in [3.8, 4) is 11.5 Å². The molecule has 0 heterocycles. The van der Waals surface area contributed by atoms with E-state index in [1.807, 2.05) is 0 Å². The zero-order valence-corrected chi connectivity index (χ0v) is 34.0. The lowest BCUT2D eigenvalue weighted by atomic mass is 10.2. The minimum atomic E-state index is -4.69. The van der Waals surface area contributed by atoms with Crippen LogP contribution < -0.4 is 28.7 Å². The molecule has 4 aromatic carbocycles. The number of nitro groups is 2. The Hall–Kier alpha value is -5.70. The fourth-order valence-electron chi connectivity index (χ4n) is 5.42. The number of ether oxygens (including phenoxy) is 2. The van der Waals surface area contributed by atoms with Gasteiger partial charge in [-0.05, 0) is 69.3 Å². The Morgan fingerprint density at radius 3 is 1.49 bits per heavy atom. The third-order valence-corrected chi connectivity index (χ3v) is 12.3. The van der Waals surface area contributed by atoms with E-state index in [0.29, 0.717) is 8.61 Å². The molecule has 0 spiro atoms. The number of anilines is 2. The summed E-state index contributed by atoms with van der Waals surface area (Å²) in [6.45, 7) is 2.30. The van der Waals surface area contributed by atoms with Gasteiger partial charge in [-0.2, -0.15) is 0 Å². The predicted octanol–water partition coefficient (Wildman–Crippen LogP) is 5.16. The summed E-state index contributed by atoms with van der Waals surface area (Å²) in [5.74, 6) is -1.74. The van der Waals surface area contributed by atoms with Crippen LogP contribution in [-0.4, -0.2) is 78.4 Å². The van der Waals surface area contributed by atoms with Gasteiger partial charge in [0.1, 0.15) is 24.6 Å². The Morgan fingerprint density at radius 1 is 0.702 bits per heavy atom. The normalized spacial score (nSPS) is 11.9. The van der Waals surface area contributed by atoms with E-state index in [1.165, 1.54) is 83.5 Å². The van der Waals surface area contributed by atoms with Gasteiger partial charge in [-0.25, -0.2) is 16.8 Å². The Bertz CT molecular complexity index is 2450. The summed E-state index contributed by atoms with van der Waals surface area (Å²) in [6.07, 6.45) is 0. The molecule has 18 nitrogen and oxygen atoms in total. The van der Waals surface area contributed by atoms with Crippen LogP contribution in [-0.2, 0) is 29.6 Å². The third kappa shape index (κ3) is 10.2. The highest BCUT2D eigenvalue weighted by atomic mass is 35.5. The van der Waals surface area contributed by atoms with Crippen molar-refractivity contribution in [1.29, 1.82) is 0 Å². The number of rotatable bonds is 17. The highest BCUT2D eigenvalue weighted by Gasteiger charge is 2.33. The van der Waals surface area contributed by atoms with Gasteiger partial charge in [0.15, 0.2) is 0 Å². The van der Waals surface area contributed by atoms with Gasteiger partial charge in [0, 0.05) is 45.9 Å². The SMILES string of the molecule is COc1ccc(Cl)cc1N(CC(=O)NC[C@H](C)NC(=O)CN(c1cc(Cl)ccc1OC)S(=O)(=O)c1ccc(C)c([N+](=O)[O-])c1)S(=O)(=O)c1ccc(C)c([N+](=O)[O-])c1. The van der Waals surface area contributed by atoms with Crippen molar-refractivity contribution in [1.82, 2.24) is 10.6 Å². The standard InChI is InChI=1S/C35H36Cl2N6O12S2/c1-21-6-10-26(16-28(21)42(46)47)56(50,51)40(30-14-24(36)8-12-32(30)54-4)19-34(44)38-18-23(3)39-35(45)20-41(31-15-25(37)9-13-33(31)55-5)57(52,53)27-11-7-22(2)29(17-27)43(48)49/h6-17,23H,18-20H2,1-5H3,(H,38,44)(H,39,45)/t23-/m0/s1. The molecule has 0 unspecified atom stereocenters. The summed E-state index contributed by atoms with van der Waals surface area (Å²) in [5.41, 5.74) is -0.841. The highest BCUT2D eigenvalue weighted by Crippen LogP contribution is 2.37. The van der Waals surface area contributed by atoms with Gasteiger partial charge >= 0.3 is 0 Å². The molecular formula is C35H36Cl2N6O12S2. The van der Waals surface area contributed by atoms with E-state index < -0.39 is 82.0 Å². The lowest BCUT2D eigenvalue weighted by Crippen LogP contribution is -2.48. The monoisotopic (exact) mass is 866 g/mol. The zero-order chi connectivity index (χ0) is 42.4. The number of methoxy groups -OCH3 is 2. The molecule has 2 N–H and O–H groups in total. The van der Waals surface area contributed by atoms with Gasteiger partial charge in [0.2, 0.25) is 11.8 Å². The number of nitrogens with zero attached hydrogens (tertiary/aromatic N) is 4. The van der Waals surface area contributed by atoms with Crippen LogP contribution in [0.1, 0.15) is 18.1 Å². The molecule has 2 amide bonds. The number of amides is 2. The smallest absolute Gasteiger partial charge is 0.273 e. The minimum absolute atomic E-state index is 0.00813. The van der Waals surface area contributed by atoms with E-state index in [4.69, 9.17) is 32.7 Å². The molecular weight excluding hydrogens is 831 g/mol. The van der Waals surface area contributed by atoms with E-state index in [0.717, 1.165) is 24.3 Å². The van der Waals surface area contributed by atoms with Gasteiger partial charge in [0.05, 0.1) is 45.2 Å². The number of aryl methyl sites for hydroxylation is 2. The van der Waals surface area contributed by atoms with Crippen LogP contribution in [0, 0.1) is 34.1 Å². The van der Waals surface area contributed by atoms with Gasteiger partial charge in [-0.15, -0.1) is 0 Å². The number of carbonyl (C=O) groups is 2. The average Bonchev–Trinajstić information content (AvgIpc) is 3.14. The molecule has 1 atom stereocenters. The first-order chi connectivity index (χ1) is 26.7. The quantitative estimate of drug-likeness (QED) is 0.103. The molecule has 0 saturated carbocycles. The number of carbonyl (C=O) groups excluding carboxylic acids is 2. The molecule has 0 radical (unpaired) electrons. The second kappa shape index (κ2) is 18.0. The highest BCUT2D eigenvalue weighted by molar-refractivity contribution is 7.93. The molecule has 0 aromatic heterocycles. The summed E-state index contributed by atoms with van der Waals surface area (Å²) in [5, 5.41) is 28.5. The molecule has 0 aliphatic rings. The third-order valence-electron chi connectivity index (χ3n) is 8.34. The van der Waals surface area contributed by atoms with Crippen LogP contribution in [0.4, 0.5) is 22.7 Å². The van der Waals surface area contributed by atoms with E-state index in [9.17, 15) is 46.7 Å². The molecule has 57 heavy (non-hydrogen) atoms. The largest absolute Gasteiger partial charge is 0.495 e. The minimum Gasteiger partial charge on any atom is -0.495 e. The number of benzene rings is 4. The van der Waals surface area contributed by atoms with E-state index in [-0.39, 0.29) is 50.6 Å². The Kier molecular flexibility index (Phi) is 13.9. The molecule has 0 aliphatic heterocycles. The maximum absolute atomic E-state index is 14.0. The van der Waals surface area contributed by atoms with E-state index in [2.05, 4.69) is 10.6 Å². The van der Waals surface area contributed by atoms with Crippen molar-refractivity contribution in [3.05, 3.63) is 114 Å². The lowest BCUT2D eigenvalue weighted by Gasteiger charge is -2.27. The van der Waals surface area contributed by atoms with Crippen LogP contribution in [0.15, 0.2) is 82.6 Å². The molecule has 0 fully saturated rings. The number of hydrogen-bond acceptors (Lipinski definition) is 12. The van der Waals surface area contributed by atoms with Crippen molar-refractivity contribution in [2.75, 3.05) is 42.5 Å². The van der Waals surface area contributed by atoms with Gasteiger partial charge in [-0.3, -0.25) is 38.4 Å². The molecule has 0 saturated heterocycles. The van der Waals surface area contributed by atoms with Crippen LogP contribution in [0.3, 0.4) is 0 Å².